The fourth-order valence-electron chi connectivity index (χ4n) is 2.72. The van der Waals surface area contributed by atoms with Crippen molar-refractivity contribution in [3.63, 3.8) is 0 Å². The van der Waals surface area contributed by atoms with Crippen molar-refractivity contribution >= 4 is 5.91 Å². The molecular weight excluding hydrogens is 250 g/mol. The maximum Gasteiger partial charge on any atom is 0.255 e. The fourth-order valence-corrected chi connectivity index (χ4v) is 2.72. The van der Waals surface area contributed by atoms with Crippen LogP contribution in [0.5, 0.6) is 0 Å². The van der Waals surface area contributed by atoms with Crippen molar-refractivity contribution in [2.24, 2.45) is 0 Å². The van der Waals surface area contributed by atoms with Crippen LogP contribution < -0.4 is 0 Å². The van der Waals surface area contributed by atoms with Gasteiger partial charge in [0.15, 0.2) is 0 Å². The van der Waals surface area contributed by atoms with Gasteiger partial charge < -0.3 is 4.90 Å². The first-order chi connectivity index (χ1) is 9.84. The lowest BCUT2D eigenvalue weighted by Gasteiger charge is -2.32. The summed E-state index contributed by atoms with van der Waals surface area (Å²) >= 11 is 0. The van der Waals surface area contributed by atoms with E-state index in [0.29, 0.717) is 11.5 Å². The highest BCUT2D eigenvalue weighted by atomic mass is 16.2. The van der Waals surface area contributed by atoms with Gasteiger partial charge in [-0.3, -0.25) is 14.8 Å². The first-order valence-corrected chi connectivity index (χ1v) is 6.94. The summed E-state index contributed by atoms with van der Waals surface area (Å²) in [6.45, 7) is 1.59. The molecule has 3 rings (SSSR count). The smallest absolute Gasteiger partial charge is 0.255 e. The van der Waals surface area contributed by atoms with E-state index in [1.54, 1.807) is 24.7 Å². The zero-order valence-corrected chi connectivity index (χ0v) is 11.3. The molecule has 0 unspecified atom stereocenters. The van der Waals surface area contributed by atoms with Gasteiger partial charge >= 0.3 is 0 Å². The summed E-state index contributed by atoms with van der Waals surface area (Å²) < 4.78 is 0. The minimum atomic E-state index is 0.0756. The quantitative estimate of drug-likeness (QED) is 0.840. The van der Waals surface area contributed by atoms with Crippen molar-refractivity contribution in [3.05, 3.63) is 60.2 Å². The molecule has 0 N–H and O–H groups in total. The third-order valence-corrected chi connectivity index (χ3v) is 3.77. The van der Waals surface area contributed by atoms with E-state index in [9.17, 15) is 4.79 Å². The Morgan fingerprint density at radius 3 is 2.65 bits per heavy atom. The second-order valence-electron chi connectivity index (χ2n) is 5.12. The molecule has 0 saturated carbocycles. The lowest BCUT2D eigenvalue weighted by molar-refractivity contribution is 0.0706. The molecule has 1 atom stereocenters. The maximum atomic E-state index is 12.4. The Balaban J connectivity index is 1.74. The number of piperidine rings is 1. The number of hydrogen-bond donors (Lipinski definition) is 0. The van der Waals surface area contributed by atoms with Gasteiger partial charge in [-0.25, -0.2) is 0 Å². The highest BCUT2D eigenvalue weighted by Gasteiger charge is 2.25. The minimum absolute atomic E-state index is 0.0756. The zero-order chi connectivity index (χ0) is 13.8. The molecular formula is C16H17N3O. The summed E-state index contributed by atoms with van der Waals surface area (Å²) in [6, 6.07) is 7.67. The molecule has 1 aliphatic rings. The second-order valence-corrected chi connectivity index (χ2v) is 5.12. The zero-order valence-electron chi connectivity index (χ0n) is 11.3. The lowest BCUT2D eigenvalue weighted by atomic mass is 9.91. The van der Waals surface area contributed by atoms with Crippen molar-refractivity contribution in [2.75, 3.05) is 13.1 Å². The number of pyridine rings is 2. The van der Waals surface area contributed by atoms with E-state index in [1.165, 1.54) is 5.56 Å². The van der Waals surface area contributed by atoms with E-state index in [-0.39, 0.29) is 5.91 Å². The molecule has 1 fully saturated rings. The van der Waals surface area contributed by atoms with E-state index in [1.807, 2.05) is 23.2 Å². The van der Waals surface area contributed by atoms with Crippen molar-refractivity contribution < 1.29 is 4.79 Å². The number of rotatable bonds is 2. The third-order valence-electron chi connectivity index (χ3n) is 3.77. The number of amides is 1. The minimum Gasteiger partial charge on any atom is -0.338 e. The SMILES string of the molecule is O=C(c1cccnc1)N1CCC[C@H](c2cccnc2)C1. The van der Waals surface area contributed by atoms with Crippen LogP contribution in [0.4, 0.5) is 0 Å². The van der Waals surface area contributed by atoms with Gasteiger partial charge in [0.25, 0.3) is 5.91 Å². The van der Waals surface area contributed by atoms with Crippen LogP contribution in [0.15, 0.2) is 49.1 Å². The number of aromatic nitrogens is 2. The van der Waals surface area contributed by atoms with E-state index in [2.05, 4.69) is 16.0 Å². The van der Waals surface area contributed by atoms with E-state index in [0.717, 1.165) is 25.9 Å². The van der Waals surface area contributed by atoms with Crippen LogP contribution in [-0.4, -0.2) is 33.9 Å². The van der Waals surface area contributed by atoms with Crippen LogP contribution >= 0.6 is 0 Å². The molecule has 0 aromatic carbocycles. The molecule has 0 aliphatic carbocycles. The van der Waals surface area contributed by atoms with Gasteiger partial charge in [-0.05, 0) is 36.6 Å². The maximum absolute atomic E-state index is 12.4. The predicted molar refractivity (Wildman–Crippen MR) is 76.4 cm³/mol. The Morgan fingerprint density at radius 2 is 1.95 bits per heavy atom. The Hall–Kier alpha value is -2.23. The largest absolute Gasteiger partial charge is 0.338 e. The Bertz CT molecular complexity index is 571. The third kappa shape index (κ3) is 2.69. The summed E-state index contributed by atoms with van der Waals surface area (Å²) in [5.74, 6) is 0.463. The van der Waals surface area contributed by atoms with Gasteiger partial charge in [0.2, 0.25) is 0 Å². The molecule has 1 aliphatic heterocycles. The van der Waals surface area contributed by atoms with Crippen molar-refractivity contribution in [1.82, 2.24) is 14.9 Å². The summed E-state index contributed by atoms with van der Waals surface area (Å²) in [5, 5.41) is 0. The number of nitrogens with zero attached hydrogens (tertiary/aromatic N) is 3. The molecule has 0 bridgehead atoms. The molecule has 20 heavy (non-hydrogen) atoms. The molecule has 1 amide bonds. The Kier molecular flexibility index (Phi) is 3.72. The van der Waals surface area contributed by atoms with E-state index < -0.39 is 0 Å². The molecule has 1 saturated heterocycles. The van der Waals surface area contributed by atoms with Crippen LogP contribution in [0, 0.1) is 0 Å². The molecule has 4 nitrogen and oxygen atoms in total. The normalized spacial score (nSPS) is 18.8. The average Bonchev–Trinajstić information content (AvgIpc) is 2.56. The number of likely N-dealkylation sites (tertiary alicyclic amines) is 1. The molecule has 102 valence electrons. The van der Waals surface area contributed by atoms with Crippen LogP contribution in [-0.2, 0) is 0 Å². The second kappa shape index (κ2) is 5.82. The summed E-state index contributed by atoms with van der Waals surface area (Å²) in [6.07, 6.45) is 9.16. The molecule has 2 aromatic rings. The van der Waals surface area contributed by atoms with Gasteiger partial charge in [0, 0.05) is 43.8 Å². The van der Waals surface area contributed by atoms with Gasteiger partial charge in [-0.15, -0.1) is 0 Å². The average molecular weight is 267 g/mol. The molecule has 3 heterocycles. The van der Waals surface area contributed by atoms with Crippen molar-refractivity contribution in [3.8, 4) is 0 Å². The van der Waals surface area contributed by atoms with Gasteiger partial charge in [0.1, 0.15) is 0 Å². The number of carbonyl (C=O) groups excluding carboxylic acids is 1. The van der Waals surface area contributed by atoms with E-state index in [4.69, 9.17) is 0 Å². The Morgan fingerprint density at radius 1 is 1.15 bits per heavy atom. The highest BCUT2D eigenvalue weighted by molar-refractivity contribution is 5.94. The fraction of sp³-hybridized carbons (Fsp3) is 0.312. The molecule has 0 radical (unpaired) electrons. The summed E-state index contributed by atoms with van der Waals surface area (Å²) in [4.78, 5) is 22.6. The topological polar surface area (TPSA) is 46.1 Å². The number of hydrogen-bond acceptors (Lipinski definition) is 3. The first kappa shape index (κ1) is 12.8. The van der Waals surface area contributed by atoms with Gasteiger partial charge in [-0.2, -0.15) is 0 Å². The highest BCUT2D eigenvalue weighted by Crippen LogP contribution is 2.26. The first-order valence-electron chi connectivity index (χ1n) is 6.94. The van der Waals surface area contributed by atoms with Gasteiger partial charge in [0.05, 0.1) is 5.56 Å². The summed E-state index contributed by atoms with van der Waals surface area (Å²) in [7, 11) is 0. The van der Waals surface area contributed by atoms with Crippen LogP contribution in [0.3, 0.4) is 0 Å². The number of carbonyl (C=O) groups is 1. The summed E-state index contributed by atoms with van der Waals surface area (Å²) in [5.41, 5.74) is 1.88. The molecule has 4 heteroatoms. The van der Waals surface area contributed by atoms with Crippen LogP contribution in [0.1, 0.15) is 34.7 Å². The molecule has 2 aromatic heterocycles. The van der Waals surface area contributed by atoms with Gasteiger partial charge in [-0.1, -0.05) is 6.07 Å². The van der Waals surface area contributed by atoms with Crippen molar-refractivity contribution in [1.29, 1.82) is 0 Å². The van der Waals surface area contributed by atoms with E-state index >= 15 is 0 Å². The van der Waals surface area contributed by atoms with Crippen molar-refractivity contribution in [2.45, 2.75) is 18.8 Å². The monoisotopic (exact) mass is 267 g/mol. The predicted octanol–water partition coefficient (Wildman–Crippen LogP) is 2.50. The lowest BCUT2D eigenvalue weighted by Crippen LogP contribution is -2.39. The van der Waals surface area contributed by atoms with Crippen LogP contribution in [0.25, 0.3) is 0 Å². The Labute approximate surface area is 118 Å². The molecule has 0 spiro atoms. The van der Waals surface area contributed by atoms with Crippen LogP contribution in [0.2, 0.25) is 0 Å². The standard InChI is InChI=1S/C16H17N3O/c20-16(14-5-2-8-18-11-14)19-9-3-6-15(12-19)13-4-1-7-17-10-13/h1-2,4-5,7-8,10-11,15H,3,6,9,12H2/t15-/m0/s1.